The van der Waals surface area contributed by atoms with E-state index >= 15 is 0 Å². The van der Waals surface area contributed by atoms with Crippen LogP contribution in [0.3, 0.4) is 0 Å². The molecule has 1 saturated carbocycles. The monoisotopic (exact) mass is 326 g/mol. The van der Waals surface area contributed by atoms with Crippen LogP contribution in [0.25, 0.3) is 0 Å². The zero-order valence-corrected chi connectivity index (χ0v) is 12.6. The summed E-state index contributed by atoms with van der Waals surface area (Å²) in [6.07, 6.45) is 2.94. The van der Waals surface area contributed by atoms with E-state index in [4.69, 9.17) is 10.5 Å². The molecule has 1 atom stereocenters. The maximum absolute atomic E-state index is 11.5. The Morgan fingerprint density at radius 3 is 2.95 bits per heavy atom. The summed E-state index contributed by atoms with van der Waals surface area (Å²) in [5.74, 6) is 0.643. The van der Waals surface area contributed by atoms with Gasteiger partial charge in [-0.05, 0) is 49.9 Å². The molecule has 0 radical (unpaired) electrons. The van der Waals surface area contributed by atoms with Crippen molar-refractivity contribution in [3.05, 3.63) is 28.2 Å². The second-order valence-corrected chi connectivity index (χ2v) is 5.92. The Labute approximate surface area is 121 Å². The summed E-state index contributed by atoms with van der Waals surface area (Å²) < 4.78 is 6.51. The molecule has 4 nitrogen and oxygen atoms in total. The van der Waals surface area contributed by atoms with Crippen LogP contribution < -0.4 is 15.8 Å². The quantitative estimate of drug-likeness (QED) is 0.840. The van der Waals surface area contributed by atoms with Gasteiger partial charge in [0.15, 0.2) is 6.61 Å². The molecule has 2 rings (SSSR count). The molecular formula is C14H19BrN2O2. The molecule has 1 aliphatic rings. The normalized spacial score (nSPS) is 15.9. The average molecular weight is 327 g/mol. The molecule has 0 heterocycles. The van der Waals surface area contributed by atoms with Crippen LogP contribution in [0, 0.1) is 0 Å². The van der Waals surface area contributed by atoms with Crippen LogP contribution in [0.2, 0.25) is 0 Å². The molecule has 1 amide bonds. The third-order valence-electron chi connectivity index (χ3n) is 2.87. The topological polar surface area (TPSA) is 64.3 Å². The smallest absolute Gasteiger partial charge is 0.258 e. The lowest BCUT2D eigenvalue weighted by Crippen LogP contribution is -2.30. The van der Waals surface area contributed by atoms with Gasteiger partial charge in [0.1, 0.15) is 5.75 Å². The summed E-state index contributed by atoms with van der Waals surface area (Å²) in [4.78, 5) is 11.5. The fourth-order valence-corrected chi connectivity index (χ4v) is 2.20. The molecule has 5 heteroatoms. The summed E-state index contributed by atoms with van der Waals surface area (Å²) in [7, 11) is 0. The highest BCUT2D eigenvalue weighted by atomic mass is 79.9. The van der Waals surface area contributed by atoms with Crippen LogP contribution in [0.4, 0.5) is 0 Å². The summed E-state index contributed by atoms with van der Waals surface area (Å²) >= 11 is 3.49. The van der Waals surface area contributed by atoms with Crippen LogP contribution in [-0.4, -0.2) is 24.6 Å². The van der Waals surface area contributed by atoms with Gasteiger partial charge >= 0.3 is 0 Å². The van der Waals surface area contributed by atoms with Gasteiger partial charge in [-0.3, -0.25) is 4.79 Å². The van der Waals surface area contributed by atoms with Crippen molar-refractivity contribution in [1.82, 2.24) is 5.32 Å². The van der Waals surface area contributed by atoms with E-state index in [9.17, 15) is 4.79 Å². The number of carbonyl (C=O) groups excluding carboxylic acids is 1. The number of halogens is 1. The molecule has 0 aliphatic heterocycles. The van der Waals surface area contributed by atoms with Crippen LogP contribution in [-0.2, 0) is 11.2 Å². The number of nitrogens with one attached hydrogen (secondary N) is 1. The number of ether oxygens (including phenoxy) is 1. The molecular weight excluding hydrogens is 308 g/mol. The fraction of sp³-hybridized carbons (Fsp3) is 0.500. The van der Waals surface area contributed by atoms with Gasteiger partial charge in [-0.15, -0.1) is 0 Å². The highest BCUT2D eigenvalue weighted by Crippen LogP contribution is 2.24. The van der Waals surface area contributed by atoms with Crippen LogP contribution >= 0.6 is 15.9 Å². The Bertz CT molecular complexity index is 459. The average Bonchev–Trinajstić information content (AvgIpc) is 3.13. The standard InChI is InChI=1S/C14H19BrN2O2/c1-9(16)6-10-7-12(4-5-13(10)15)19-8-14(18)17-11-2-3-11/h4-5,7,9,11H,2-3,6,8,16H2,1H3,(H,17,18). The summed E-state index contributed by atoms with van der Waals surface area (Å²) in [6, 6.07) is 6.16. The van der Waals surface area contributed by atoms with Crippen LogP contribution in [0.1, 0.15) is 25.3 Å². The minimum Gasteiger partial charge on any atom is -0.484 e. The first-order valence-corrected chi connectivity index (χ1v) is 7.30. The third kappa shape index (κ3) is 4.84. The lowest BCUT2D eigenvalue weighted by Gasteiger charge is -2.11. The SMILES string of the molecule is CC(N)Cc1cc(OCC(=O)NC2CC2)ccc1Br. The number of rotatable bonds is 6. The molecule has 104 valence electrons. The van der Waals surface area contributed by atoms with E-state index in [1.54, 1.807) is 0 Å². The van der Waals surface area contributed by atoms with Gasteiger partial charge < -0.3 is 15.8 Å². The summed E-state index contributed by atoms with van der Waals surface area (Å²) in [6.45, 7) is 2.03. The zero-order chi connectivity index (χ0) is 13.8. The predicted molar refractivity (Wildman–Crippen MR) is 78.2 cm³/mol. The van der Waals surface area contributed by atoms with Crippen molar-refractivity contribution in [3.8, 4) is 5.75 Å². The second-order valence-electron chi connectivity index (χ2n) is 5.07. The number of hydrogen-bond donors (Lipinski definition) is 2. The molecule has 1 aromatic rings. The van der Waals surface area contributed by atoms with Crippen molar-refractivity contribution in [3.63, 3.8) is 0 Å². The fourth-order valence-electron chi connectivity index (χ4n) is 1.79. The van der Waals surface area contributed by atoms with Crippen LogP contribution in [0.15, 0.2) is 22.7 Å². The first-order chi connectivity index (χ1) is 9.04. The van der Waals surface area contributed by atoms with Crippen molar-refractivity contribution in [2.24, 2.45) is 5.73 Å². The van der Waals surface area contributed by atoms with E-state index in [0.29, 0.717) is 11.8 Å². The molecule has 1 aliphatic carbocycles. The predicted octanol–water partition coefficient (Wildman–Crippen LogP) is 2.00. The largest absolute Gasteiger partial charge is 0.484 e. The molecule has 1 aromatic carbocycles. The van der Waals surface area contributed by atoms with Crippen molar-refractivity contribution in [2.45, 2.75) is 38.3 Å². The van der Waals surface area contributed by atoms with Gasteiger partial charge in [-0.2, -0.15) is 0 Å². The molecule has 3 N–H and O–H groups in total. The lowest BCUT2D eigenvalue weighted by atomic mass is 10.1. The number of benzene rings is 1. The zero-order valence-electron chi connectivity index (χ0n) is 11.0. The minimum atomic E-state index is -0.0563. The first kappa shape index (κ1) is 14.3. The Balaban J connectivity index is 1.90. The molecule has 1 fully saturated rings. The van der Waals surface area contributed by atoms with E-state index in [-0.39, 0.29) is 18.6 Å². The van der Waals surface area contributed by atoms with Crippen molar-refractivity contribution < 1.29 is 9.53 Å². The van der Waals surface area contributed by atoms with Crippen LogP contribution in [0.5, 0.6) is 5.75 Å². The Morgan fingerprint density at radius 2 is 2.32 bits per heavy atom. The van der Waals surface area contributed by atoms with E-state index in [2.05, 4.69) is 21.2 Å². The Kier molecular flexibility index (Phi) is 4.82. The molecule has 0 saturated heterocycles. The van der Waals surface area contributed by atoms with Gasteiger partial charge in [-0.1, -0.05) is 15.9 Å². The maximum Gasteiger partial charge on any atom is 0.258 e. The van der Waals surface area contributed by atoms with Gasteiger partial charge in [-0.25, -0.2) is 0 Å². The molecule has 1 unspecified atom stereocenters. The minimum absolute atomic E-state index is 0.0563. The maximum atomic E-state index is 11.5. The van der Waals surface area contributed by atoms with E-state index < -0.39 is 0 Å². The van der Waals surface area contributed by atoms with Gasteiger partial charge in [0.05, 0.1) is 0 Å². The van der Waals surface area contributed by atoms with Crippen molar-refractivity contribution in [2.75, 3.05) is 6.61 Å². The first-order valence-electron chi connectivity index (χ1n) is 6.51. The molecule has 0 aromatic heterocycles. The van der Waals surface area contributed by atoms with Crippen molar-refractivity contribution in [1.29, 1.82) is 0 Å². The van der Waals surface area contributed by atoms with E-state index in [0.717, 1.165) is 29.3 Å². The summed E-state index contributed by atoms with van der Waals surface area (Å²) in [5.41, 5.74) is 6.89. The number of carbonyl (C=O) groups is 1. The van der Waals surface area contributed by atoms with Crippen molar-refractivity contribution >= 4 is 21.8 Å². The highest BCUT2D eigenvalue weighted by Gasteiger charge is 2.23. The second kappa shape index (κ2) is 6.39. The van der Waals surface area contributed by atoms with E-state index in [1.807, 2.05) is 25.1 Å². The third-order valence-corrected chi connectivity index (χ3v) is 3.65. The molecule has 19 heavy (non-hydrogen) atoms. The summed E-state index contributed by atoms with van der Waals surface area (Å²) in [5, 5.41) is 2.89. The molecule has 0 spiro atoms. The van der Waals surface area contributed by atoms with Gasteiger partial charge in [0.25, 0.3) is 5.91 Å². The number of nitrogens with two attached hydrogens (primary N) is 1. The highest BCUT2D eigenvalue weighted by molar-refractivity contribution is 9.10. The Hall–Kier alpha value is -1.07. The number of hydrogen-bond acceptors (Lipinski definition) is 3. The van der Waals surface area contributed by atoms with E-state index in [1.165, 1.54) is 0 Å². The molecule has 0 bridgehead atoms. The lowest BCUT2D eigenvalue weighted by molar-refractivity contribution is -0.123. The Morgan fingerprint density at radius 1 is 1.58 bits per heavy atom. The van der Waals surface area contributed by atoms with Gasteiger partial charge in [0.2, 0.25) is 0 Å². The number of amides is 1. The van der Waals surface area contributed by atoms with Gasteiger partial charge in [0, 0.05) is 16.6 Å².